The van der Waals surface area contributed by atoms with Crippen LogP contribution < -0.4 is 14.9 Å². The molecule has 218 valence electrons. The second-order valence-corrected chi connectivity index (χ2v) is 11.1. The number of H-pyrrole nitrogens is 1. The number of rotatable bonds is 8. The molecule has 0 fully saturated rings. The molecule has 1 aromatic heterocycles. The lowest BCUT2D eigenvalue weighted by Gasteiger charge is -2.12. The summed E-state index contributed by atoms with van der Waals surface area (Å²) >= 11 is 31.3. The van der Waals surface area contributed by atoms with Crippen molar-refractivity contribution in [1.82, 2.24) is 10.4 Å². The minimum absolute atomic E-state index is 0.151. The van der Waals surface area contributed by atoms with Gasteiger partial charge >= 0.3 is 5.97 Å². The van der Waals surface area contributed by atoms with Gasteiger partial charge < -0.3 is 14.5 Å². The number of esters is 1. The van der Waals surface area contributed by atoms with Gasteiger partial charge in [0.1, 0.15) is 5.69 Å². The first-order chi connectivity index (χ1) is 20.7. The van der Waals surface area contributed by atoms with Crippen molar-refractivity contribution in [3.63, 3.8) is 0 Å². The van der Waals surface area contributed by atoms with Crippen LogP contribution in [0.3, 0.4) is 0 Å². The average molecular weight is 676 g/mol. The van der Waals surface area contributed by atoms with Crippen LogP contribution in [0.25, 0.3) is 22.0 Å². The van der Waals surface area contributed by atoms with Crippen molar-refractivity contribution in [2.45, 2.75) is 6.92 Å². The summed E-state index contributed by atoms with van der Waals surface area (Å²) in [5.74, 6) is -0.744. The first kappa shape index (κ1) is 30.7. The number of hydrogen-bond donors (Lipinski definition) is 2. The zero-order valence-corrected chi connectivity index (χ0v) is 26.0. The minimum atomic E-state index is -0.676. The summed E-state index contributed by atoms with van der Waals surface area (Å²) in [5, 5.41) is 6.50. The number of carbonyl (C=O) groups excluding carboxylic acids is 2. The molecule has 2 N–H and O–H groups in total. The number of halogens is 5. The van der Waals surface area contributed by atoms with E-state index in [4.69, 9.17) is 67.5 Å². The third kappa shape index (κ3) is 6.77. The lowest BCUT2D eigenvalue weighted by atomic mass is 10.0. The van der Waals surface area contributed by atoms with E-state index >= 15 is 0 Å². The summed E-state index contributed by atoms with van der Waals surface area (Å²) in [5.41, 5.74) is 5.12. The van der Waals surface area contributed by atoms with Gasteiger partial charge in [0, 0.05) is 31.6 Å². The number of nitrogens with one attached hydrogen (secondary N) is 2. The van der Waals surface area contributed by atoms with E-state index in [1.54, 1.807) is 55.5 Å². The topological polar surface area (TPSA) is 92.8 Å². The summed E-state index contributed by atoms with van der Waals surface area (Å²) in [7, 11) is 0. The Bertz CT molecular complexity index is 1900. The normalized spacial score (nSPS) is 11.2. The van der Waals surface area contributed by atoms with Gasteiger partial charge in [-0.2, -0.15) is 5.10 Å². The standard InChI is InChI=1S/C31H20Cl5N3O4/c1-2-42-26-11-16(7-10-25(26)43-31(41)20-9-8-17(32)13-23(20)35)15-37-39-30(40)29-27(19-5-3-4-6-22(19)34)21-12-18(33)14-24(36)28(21)38-29/h3-15,38H,2H2,1H3,(H,39,40). The maximum absolute atomic E-state index is 13.4. The Labute approximate surface area is 271 Å². The summed E-state index contributed by atoms with van der Waals surface area (Å²) in [4.78, 5) is 29.2. The minimum Gasteiger partial charge on any atom is -0.490 e. The van der Waals surface area contributed by atoms with E-state index in [0.29, 0.717) is 60.0 Å². The molecule has 0 spiro atoms. The number of aromatic nitrogens is 1. The van der Waals surface area contributed by atoms with Crippen molar-refractivity contribution in [2.75, 3.05) is 6.61 Å². The molecule has 12 heteroatoms. The quantitative estimate of drug-likeness (QED) is 0.0742. The van der Waals surface area contributed by atoms with E-state index in [-0.39, 0.29) is 22.0 Å². The molecule has 0 aliphatic heterocycles. The van der Waals surface area contributed by atoms with Gasteiger partial charge in [0.25, 0.3) is 5.91 Å². The highest BCUT2D eigenvalue weighted by molar-refractivity contribution is 6.40. The Balaban J connectivity index is 1.40. The molecule has 0 unspecified atom stereocenters. The third-order valence-electron chi connectivity index (χ3n) is 6.20. The largest absolute Gasteiger partial charge is 0.490 e. The highest BCUT2D eigenvalue weighted by Crippen LogP contribution is 2.40. The van der Waals surface area contributed by atoms with Crippen molar-refractivity contribution in [3.05, 3.63) is 115 Å². The van der Waals surface area contributed by atoms with Gasteiger partial charge in [0.2, 0.25) is 0 Å². The maximum atomic E-state index is 13.4. The van der Waals surface area contributed by atoms with Gasteiger partial charge in [-0.15, -0.1) is 0 Å². The molecular formula is C31H20Cl5N3O4. The fraction of sp³-hybridized carbons (Fsp3) is 0.0645. The second-order valence-electron chi connectivity index (χ2n) is 9.02. The Hall–Kier alpha value is -3.72. The summed E-state index contributed by atoms with van der Waals surface area (Å²) in [6.07, 6.45) is 1.42. The summed E-state index contributed by atoms with van der Waals surface area (Å²) in [6.45, 7) is 2.10. The van der Waals surface area contributed by atoms with Gasteiger partial charge in [-0.05, 0) is 67.1 Å². The first-order valence-electron chi connectivity index (χ1n) is 12.7. The molecule has 5 aromatic rings. The zero-order chi connectivity index (χ0) is 30.7. The van der Waals surface area contributed by atoms with Crippen LogP contribution in [-0.4, -0.2) is 29.7 Å². The van der Waals surface area contributed by atoms with Gasteiger partial charge in [-0.3, -0.25) is 4.79 Å². The second kappa shape index (κ2) is 13.3. The molecule has 0 aliphatic rings. The third-order valence-corrected chi connectivity index (χ3v) is 7.59. The van der Waals surface area contributed by atoms with Crippen LogP contribution in [0.15, 0.2) is 77.9 Å². The number of amides is 1. The monoisotopic (exact) mass is 673 g/mol. The molecule has 7 nitrogen and oxygen atoms in total. The van der Waals surface area contributed by atoms with Crippen molar-refractivity contribution in [3.8, 4) is 22.6 Å². The van der Waals surface area contributed by atoms with E-state index in [0.717, 1.165) is 0 Å². The molecule has 1 amide bonds. The summed E-state index contributed by atoms with van der Waals surface area (Å²) < 4.78 is 11.2. The Morgan fingerprint density at radius 2 is 1.63 bits per heavy atom. The van der Waals surface area contributed by atoms with Crippen molar-refractivity contribution in [1.29, 1.82) is 0 Å². The van der Waals surface area contributed by atoms with Gasteiger partial charge in [-0.1, -0.05) is 76.2 Å². The van der Waals surface area contributed by atoms with Crippen LogP contribution in [0.5, 0.6) is 11.5 Å². The van der Waals surface area contributed by atoms with E-state index in [2.05, 4.69) is 15.5 Å². The van der Waals surface area contributed by atoms with Crippen molar-refractivity contribution >= 4 is 87.0 Å². The van der Waals surface area contributed by atoms with Crippen molar-refractivity contribution < 1.29 is 19.1 Å². The number of benzene rings is 4. The molecule has 43 heavy (non-hydrogen) atoms. The van der Waals surface area contributed by atoms with Crippen LogP contribution in [-0.2, 0) is 0 Å². The summed E-state index contributed by atoms with van der Waals surface area (Å²) in [6, 6.07) is 19.7. The zero-order valence-electron chi connectivity index (χ0n) is 22.2. The Morgan fingerprint density at radius 1 is 0.860 bits per heavy atom. The molecule has 0 radical (unpaired) electrons. The highest BCUT2D eigenvalue weighted by Gasteiger charge is 2.23. The van der Waals surface area contributed by atoms with Crippen LogP contribution in [0.4, 0.5) is 0 Å². The fourth-order valence-electron chi connectivity index (χ4n) is 4.32. The fourth-order valence-corrected chi connectivity index (χ4v) is 5.58. The number of ether oxygens (including phenoxy) is 2. The molecule has 0 bridgehead atoms. The highest BCUT2D eigenvalue weighted by atomic mass is 35.5. The number of nitrogens with zero attached hydrogens (tertiary/aromatic N) is 1. The molecule has 1 heterocycles. The van der Waals surface area contributed by atoms with Crippen molar-refractivity contribution in [2.24, 2.45) is 5.10 Å². The average Bonchev–Trinajstić information content (AvgIpc) is 3.34. The van der Waals surface area contributed by atoms with E-state index in [9.17, 15) is 9.59 Å². The van der Waals surface area contributed by atoms with Crippen LogP contribution in [0.1, 0.15) is 33.3 Å². The Morgan fingerprint density at radius 3 is 2.37 bits per heavy atom. The molecule has 0 saturated heterocycles. The number of hydrogen-bond acceptors (Lipinski definition) is 5. The molecule has 0 saturated carbocycles. The van der Waals surface area contributed by atoms with E-state index in [1.165, 1.54) is 24.4 Å². The maximum Gasteiger partial charge on any atom is 0.345 e. The van der Waals surface area contributed by atoms with Crippen LogP contribution in [0, 0.1) is 0 Å². The lowest BCUT2D eigenvalue weighted by Crippen LogP contribution is -2.19. The number of carbonyl (C=O) groups is 2. The molecule has 4 aromatic carbocycles. The number of aromatic amines is 1. The lowest BCUT2D eigenvalue weighted by molar-refractivity contribution is 0.0728. The number of fused-ring (bicyclic) bond motifs is 1. The van der Waals surface area contributed by atoms with Gasteiger partial charge in [0.05, 0.1) is 33.9 Å². The predicted octanol–water partition coefficient (Wildman–Crippen LogP) is 9.48. The van der Waals surface area contributed by atoms with E-state index < -0.39 is 11.9 Å². The number of hydrazone groups is 1. The predicted molar refractivity (Wildman–Crippen MR) is 173 cm³/mol. The molecular weight excluding hydrogens is 656 g/mol. The van der Waals surface area contributed by atoms with Crippen LogP contribution >= 0.6 is 58.0 Å². The molecule has 0 aliphatic carbocycles. The van der Waals surface area contributed by atoms with E-state index in [1.807, 2.05) is 6.07 Å². The van der Waals surface area contributed by atoms with Gasteiger partial charge in [0.15, 0.2) is 11.5 Å². The SMILES string of the molecule is CCOc1cc(C=NNC(=O)c2[nH]c3c(Cl)cc(Cl)cc3c2-c2ccccc2Cl)ccc1OC(=O)c1ccc(Cl)cc1Cl. The molecule has 5 rings (SSSR count). The first-order valence-corrected chi connectivity index (χ1v) is 14.6. The molecule has 0 atom stereocenters. The smallest absolute Gasteiger partial charge is 0.345 e. The van der Waals surface area contributed by atoms with Crippen LogP contribution in [0.2, 0.25) is 25.1 Å². The van der Waals surface area contributed by atoms with Gasteiger partial charge in [-0.25, -0.2) is 10.2 Å². The Kier molecular flexibility index (Phi) is 9.49.